The molecule has 3 rings (SSSR count). The summed E-state index contributed by atoms with van der Waals surface area (Å²) in [5.41, 5.74) is 0.535. The van der Waals surface area contributed by atoms with E-state index in [1.807, 2.05) is 0 Å². The minimum Gasteiger partial charge on any atom is -0.507 e. The second-order valence-corrected chi connectivity index (χ2v) is 5.36. The van der Waals surface area contributed by atoms with E-state index in [1.54, 1.807) is 30.3 Å². The fraction of sp³-hybridized carbons (Fsp3) is 0.133. The monoisotopic (exact) mass is 336 g/mol. The molecule has 0 spiro atoms. The number of ether oxygens (including phenoxy) is 1. The van der Waals surface area contributed by atoms with Crippen LogP contribution < -0.4 is 4.74 Å². The van der Waals surface area contributed by atoms with Crippen LogP contribution in [0.25, 0.3) is 0 Å². The molecule has 0 saturated heterocycles. The molecule has 0 saturated carbocycles. The second kappa shape index (κ2) is 4.59. The van der Waals surface area contributed by atoms with Gasteiger partial charge in [0.1, 0.15) is 10.2 Å². The first-order valence-electron chi connectivity index (χ1n) is 5.99. The Labute approximate surface area is 123 Å². The van der Waals surface area contributed by atoms with Crippen molar-refractivity contribution in [2.75, 3.05) is 0 Å². The molecule has 0 amide bonds. The van der Waals surface area contributed by atoms with Crippen LogP contribution in [0.1, 0.15) is 22.3 Å². The van der Waals surface area contributed by atoms with E-state index in [0.717, 1.165) is 0 Å². The van der Waals surface area contributed by atoms with Gasteiger partial charge in [0.15, 0.2) is 11.5 Å². The SMILES string of the molecule is O=C1CC(F)(c2ccccc2)Oc2c1ccc(O)c2Br. The number of rotatable bonds is 1. The van der Waals surface area contributed by atoms with Gasteiger partial charge in [-0.3, -0.25) is 4.79 Å². The van der Waals surface area contributed by atoms with E-state index in [1.165, 1.54) is 12.1 Å². The lowest BCUT2D eigenvalue weighted by molar-refractivity contribution is -0.0751. The number of hydrogen-bond acceptors (Lipinski definition) is 3. The van der Waals surface area contributed by atoms with Crippen LogP contribution in [-0.2, 0) is 5.85 Å². The van der Waals surface area contributed by atoms with Crippen LogP contribution in [0.5, 0.6) is 11.5 Å². The lowest BCUT2D eigenvalue weighted by Gasteiger charge is -2.32. The van der Waals surface area contributed by atoms with Crippen LogP contribution in [0.4, 0.5) is 4.39 Å². The molecular formula is C15H10BrFO3. The molecule has 20 heavy (non-hydrogen) atoms. The van der Waals surface area contributed by atoms with Crippen molar-refractivity contribution in [1.82, 2.24) is 0 Å². The highest BCUT2D eigenvalue weighted by Gasteiger charge is 2.43. The Hall–Kier alpha value is -1.88. The highest BCUT2D eigenvalue weighted by Crippen LogP contribution is 2.46. The van der Waals surface area contributed by atoms with Crippen molar-refractivity contribution in [1.29, 1.82) is 0 Å². The molecule has 1 heterocycles. The number of hydrogen-bond donors (Lipinski definition) is 1. The van der Waals surface area contributed by atoms with Gasteiger partial charge < -0.3 is 9.84 Å². The molecule has 2 aromatic rings. The topological polar surface area (TPSA) is 46.5 Å². The molecule has 1 aliphatic rings. The molecule has 0 radical (unpaired) electrons. The molecule has 0 bridgehead atoms. The molecule has 1 N–H and O–H groups in total. The number of carbonyl (C=O) groups excluding carboxylic acids is 1. The summed E-state index contributed by atoms with van der Waals surface area (Å²) in [6, 6.07) is 11.0. The largest absolute Gasteiger partial charge is 0.507 e. The first-order chi connectivity index (χ1) is 9.51. The van der Waals surface area contributed by atoms with E-state index in [-0.39, 0.29) is 39.3 Å². The molecule has 0 aliphatic carbocycles. The average Bonchev–Trinajstić information content (AvgIpc) is 2.44. The second-order valence-electron chi connectivity index (χ2n) is 4.57. The maximum atomic E-state index is 15.0. The number of ketones is 1. The lowest BCUT2D eigenvalue weighted by atomic mass is 9.94. The van der Waals surface area contributed by atoms with Crippen molar-refractivity contribution >= 4 is 21.7 Å². The molecule has 0 fully saturated rings. The van der Waals surface area contributed by atoms with E-state index in [0.29, 0.717) is 0 Å². The normalized spacial score (nSPS) is 21.2. The summed E-state index contributed by atoms with van der Waals surface area (Å²) in [5, 5.41) is 9.64. The molecular weight excluding hydrogens is 327 g/mol. The van der Waals surface area contributed by atoms with Gasteiger partial charge >= 0.3 is 0 Å². The molecule has 0 aromatic heterocycles. The standard InChI is InChI=1S/C15H10BrFO3/c16-13-11(18)7-6-10-12(19)8-15(17,20-14(10)13)9-4-2-1-3-5-9/h1-7,18H,8H2. The highest BCUT2D eigenvalue weighted by molar-refractivity contribution is 9.10. The number of aromatic hydroxyl groups is 1. The van der Waals surface area contributed by atoms with Crippen LogP contribution in [0.2, 0.25) is 0 Å². The van der Waals surface area contributed by atoms with E-state index in [9.17, 15) is 9.90 Å². The summed E-state index contributed by atoms with van der Waals surface area (Å²) in [6.07, 6.45) is -0.388. The van der Waals surface area contributed by atoms with E-state index < -0.39 is 5.85 Å². The maximum Gasteiger partial charge on any atom is 0.281 e. The van der Waals surface area contributed by atoms with Crippen molar-refractivity contribution in [3.05, 3.63) is 58.1 Å². The molecule has 1 atom stereocenters. The summed E-state index contributed by atoms with van der Waals surface area (Å²) in [4.78, 5) is 12.1. The smallest absolute Gasteiger partial charge is 0.281 e. The maximum absolute atomic E-state index is 15.0. The van der Waals surface area contributed by atoms with Crippen LogP contribution in [0, 0.1) is 0 Å². The first-order valence-corrected chi connectivity index (χ1v) is 6.79. The predicted molar refractivity (Wildman–Crippen MR) is 74.6 cm³/mol. The molecule has 102 valence electrons. The molecule has 3 nitrogen and oxygen atoms in total. The molecule has 2 aromatic carbocycles. The average molecular weight is 337 g/mol. The fourth-order valence-electron chi connectivity index (χ4n) is 2.21. The van der Waals surface area contributed by atoms with Crippen molar-refractivity contribution in [3.8, 4) is 11.5 Å². The Bertz CT molecular complexity index is 687. The van der Waals surface area contributed by atoms with Crippen molar-refractivity contribution in [3.63, 3.8) is 0 Å². The molecule has 5 heteroatoms. The minimum atomic E-state index is -2.22. The van der Waals surface area contributed by atoms with E-state index in [4.69, 9.17) is 4.74 Å². The van der Waals surface area contributed by atoms with Crippen molar-refractivity contribution in [2.24, 2.45) is 0 Å². The zero-order valence-electron chi connectivity index (χ0n) is 10.3. The van der Waals surface area contributed by atoms with Crippen LogP contribution >= 0.6 is 15.9 Å². The zero-order valence-corrected chi connectivity index (χ0v) is 11.9. The van der Waals surface area contributed by atoms with E-state index >= 15 is 4.39 Å². The Morgan fingerprint density at radius 2 is 1.90 bits per heavy atom. The summed E-state index contributed by atoms with van der Waals surface area (Å²) >= 11 is 3.12. The predicted octanol–water partition coefficient (Wildman–Crippen LogP) is 3.94. The van der Waals surface area contributed by atoms with Crippen LogP contribution in [-0.4, -0.2) is 10.9 Å². The van der Waals surface area contributed by atoms with Crippen molar-refractivity contribution in [2.45, 2.75) is 12.3 Å². The Morgan fingerprint density at radius 3 is 2.60 bits per heavy atom. The summed E-state index contributed by atoms with van der Waals surface area (Å²) in [7, 11) is 0. The Morgan fingerprint density at radius 1 is 1.20 bits per heavy atom. The van der Waals surface area contributed by atoms with Gasteiger partial charge in [0, 0.05) is 5.56 Å². The van der Waals surface area contributed by atoms with Crippen LogP contribution in [0.3, 0.4) is 0 Å². The quantitative estimate of drug-likeness (QED) is 0.857. The van der Waals surface area contributed by atoms with Gasteiger partial charge in [-0.25, -0.2) is 0 Å². The van der Waals surface area contributed by atoms with Gasteiger partial charge in [-0.15, -0.1) is 0 Å². The first kappa shape index (κ1) is 13.1. The fourth-order valence-corrected chi connectivity index (χ4v) is 2.64. The number of phenols is 1. The third kappa shape index (κ3) is 1.98. The third-order valence-electron chi connectivity index (χ3n) is 3.23. The number of Topliss-reactive ketones (excluding diaryl/α,β-unsaturated/α-hetero) is 1. The number of halogens is 2. The minimum absolute atomic E-state index is 0.0348. The number of phenolic OH excluding ortho intramolecular Hbond substituents is 1. The third-order valence-corrected chi connectivity index (χ3v) is 4.00. The molecule has 1 unspecified atom stereocenters. The number of fused-ring (bicyclic) bond motifs is 1. The molecule has 1 aliphatic heterocycles. The van der Waals surface area contributed by atoms with E-state index in [2.05, 4.69) is 15.9 Å². The van der Waals surface area contributed by atoms with Gasteiger partial charge in [-0.05, 0) is 28.1 Å². The van der Waals surface area contributed by atoms with Gasteiger partial charge in [-0.1, -0.05) is 30.3 Å². The van der Waals surface area contributed by atoms with Gasteiger partial charge in [0.2, 0.25) is 0 Å². The Kier molecular flexibility index (Phi) is 3.01. The van der Waals surface area contributed by atoms with Gasteiger partial charge in [0.25, 0.3) is 5.85 Å². The highest BCUT2D eigenvalue weighted by atomic mass is 79.9. The van der Waals surface area contributed by atoms with Crippen molar-refractivity contribution < 1.29 is 19.0 Å². The number of benzene rings is 2. The summed E-state index contributed by atoms with van der Waals surface area (Å²) in [6.45, 7) is 0. The summed E-state index contributed by atoms with van der Waals surface area (Å²) in [5.74, 6) is -2.65. The van der Waals surface area contributed by atoms with Gasteiger partial charge in [-0.2, -0.15) is 4.39 Å². The van der Waals surface area contributed by atoms with Crippen LogP contribution in [0.15, 0.2) is 46.9 Å². The number of alkyl halides is 1. The summed E-state index contributed by atoms with van der Waals surface area (Å²) < 4.78 is 20.6. The lowest BCUT2D eigenvalue weighted by Crippen LogP contribution is -2.35. The van der Waals surface area contributed by atoms with Gasteiger partial charge in [0.05, 0.1) is 12.0 Å². The Balaban J connectivity index is 2.13. The zero-order chi connectivity index (χ0) is 14.3. The number of carbonyl (C=O) groups is 1.